The number of H-pyrrole nitrogens is 1. The quantitative estimate of drug-likeness (QED) is 0.893. The number of amides is 1. The van der Waals surface area contributed by atoms with Gasteiger partial charge in [-0.2, -0.15) is 5.10 Å². The molecule has 23 heavy (non-hydrogen) atoms. The lowest BCUT2D eigenvalue weighted by atomic mass is 9.96. The minimum Gasteiger partial charge on any atom is -0.309 e. The molecular formula is C15H19ClN6O. The number of anilines is 1. The van der Waals surface area contributed by atoms with Gasteiger partial charge in [-0.3, -0.25) is 14.8 Å². The second kappa shape index (κ2) is 7.06. The van der Waals surface area contributed by atoms with Crippen LogP contribution < -0.4 is 5.32 Å². The topological polar surface area (TPSA) is 86.8 Å². The first kappa shape index (κ1) is 15.9. The SMILES string of the molecule is C[C@@H](C(=O)Nc1ccc(Cl)cn1)N1CCCC(c2ncn[nH]2)C1. The number of hydrogen-bond donors (Lipinski definition) is 2. The smallest absolute Gasteiger partial charge is 0.242 e. The Balaban J connectivity index is 1.61. The minimum absolute atomic E-state index is 0.0713. The molecule has 0 aliphatic carbocycles. The van der Waals surface area contributed by atoms with E-state index >= 15 is 0 Å². The zero-order chi connectivity index (χ0) is 16.2. The number of aromatic nitrogens is 4. The summed E-state index contributed by atoms with van der Waals surface area (Å²) in [5, 5.41) is 10.2. The van der Waals surface area contributed by atoms with Crippen LogP contribution in [0.3, 0.4) is 0 Å². The van der Waals surface area contributed by atoms with Crippen molar-refractivity contribution in [3.63, 3.8) is 0 Å². The van der Waals surface area contributed by atoms with Crippen molar-refractivity contribution in [2.24, 2.45) is 0 Å². The Hall–Kier alpha value is -1.99. The first-order valence-corrected chi connectivity index (χ1v) is 8.03. The molecule has 1 saturated heterocycles. The van der Waals surface area contributed by atoms with Crippen LogP contribution in [-0.4, -0.2) is 50.1 Å². The highest BCUT2D eigenvalue weighted by atomic mass is 35.5. The van der Waals surface area contributed by atoms with Gasteiger partial charge in [-0.1, -0.05) is 11.6 Å². The number of nitrogens with one attached hydrogen (secondary N) is 2. The van der Waals surface area contributed by atoms with Gasteiger partial charge in [0.05, 0.1) is 11.1 Å². The number of nitrogens with zero attached hydrogens (tertiary/aromatic N) is 4. The molecule has 0 bridgehead atoms. The molecule has 0 saturated carbocycles. The summed E-state index contributed by atoms with van der Waals surface area (Å²) in [5.41, 5.74) is 0. The summed E-state index contributed by atoms with van der Waals surface area (Å²) in [6.45, 7) is 3.60. The van der Waals surface area contributed by atoms with Gasteiger partial charge < -0.3 is 5.32 Å². The molecule has 2 atom stereocenters. The average molecular weight is 335 g/mol. The molecule has 122 valence electrons. The van der Waals surface area contributed by atoms with E-state index in [9.17, 15) is 4.79 Å². The van der Waals surface area contributed by atoms with Crippen molar-refractivity contribution >= 4 is 23.3 Å². The molecule has 1 amide bonds. The second-order valence-electron chi connectivity index (χ2n) is 5.73. The molecule has 1 aliphatic rings. The van der Waals surface area contributed by atoms with Crippen molar-refractivity contribution in [1.82, 2.24) is 25.1 Å². The van der Waals surface area contributed by atoms with Crippen LogP contribution in [0, 0.1) is 0 Å². The number of pyridine rings is 1. The van der Waals surface area contributed by atoms with Crippen molar-refractivity contribution in [1.29, 1.82) is 0 Å². The zero-order valence-electron chi connectivity index (χ0n) is 12.9. The van der Waals surface area contributed by atoms with Crippen molar-refractivity contribution < 1.29 is 4.79 Å². The van der Waals surface area contributed by atoms with E-state index < -0.39 is 0 Å². The standard InChI is InChI=1S/C15H19ClN6O/c1-10(15(23)20-13-5-4-12(16)7-17-13)22-6-2-3-11(8-22)14-18-9-19-21-14/h4-5,7,9-11H,2-3,6,8H2,1H3,(H,17,20,23)(H,18,19,21)/t10-,11?/m0/s1. The Labute approximate surface area is 139 Å². The van der Waals surface area contributed by atoms with Gasteiger partial charge >= 0.3 is 0 Å². The van der Waals surface area contributed by atoms with Gasteiger partial charge in [0.2, 0.25) is 5.91 Å². The van der Waals surface area contributed by atoms with Crippen LogP contribution in [0.2, 0.25) is 5.02 Å². The zero-order valence-corrected chi connectivity index (χ0v) is 13.6. The lowest BCUT2D eigenvalue weighted by Crippen LogP contribution is -2.46. The summed E-state index contributed by atoms with van der Waals surface area (Å²) in [6, 6.07) is 3.16. The Morgan fingerprint density at radius 2 is 2.35 bits per heavy atom. The van der Waals surface area contributed by atoms with Gasteiger partial charge in [0.15, 0.2) is 0 Å². The Bertz CT molecular complexity index is 644. The number of carbonyl (C=O) groups is 1. The molecular weight excluding hydrogens is 316 g/mol. The first-order chi connectivity index (χ1) is 11.1. The molecule has 1 fully saturated rings. The largest absolute Gasteiger partial charge is 0.309 e. The van der Waals surface area contributed by atoms with Crippen LogP contribution in [0.15, 0.2) is 24.7 Å². The summed E-state index contributed by atoms with van der Waals surface area (Å²) in [6.07, 6.45) is 5.13. The summed E-state index contributed by atoms with van der Waals surface area (Å²) < 4.78 is 0. The van der Waals surface area contributed by atoms with E-state index in [2.05, 4.69) is 30.4 Å². The Morgan fingerprint density at radius 1 is 1.48 bits per heavy atom. The highest BCUT2D eigenvalue weighted by molar-refractivity contribution is 6.30. The summed E-state index contributed by atoms with van der Waals surface area (Å²) in [4.78, 5) is 22.9. The van der Waals surface area contributed by atoms with Crippen LogP contribution in [0.4, 0.5) is 5.82 Å². The molecule has 2 aromatic heterocycles. The van der Waals surface area contributed by atoms with Crippen LogP contribution in [-0.2, 0) is 4.79 Å². The third-order valence-corrected chi connectivity index (χ3v) is 4.40. The van der Waals surface area contributed by atoms with E-state index in [0.29, 0.717) is 10.8 Å². The Morgan fingerprint density at radius 3 is 3.04 bits per heavy atom. The number of aromatic amines is 1. The van der Waals surface area contributed by atoms with Crippen molar-refractivity contribution in [3.8, 4) is 0 Å². The van der Waals surface area contributed by atoms with Crippen molar-refractivity contribution in [2.45, 2.75) is 31.7 Å². The van der Waals surface area contributed by atoms with Crippen LogP contribution >= 0.6 is 11.6 Å². The van der Waals surface area contributed by atoms with Gasteiger partial charge in [-0.05, 0) is 38.4 Å². The Kier molecular flexibility index (Phi) is 4.88. The summed E-state index contributed by atoms with van der Waals surface area (Å²) >= 11 is 5.80. The number of piperidine rings is 1. The van der Waals surface area contributed by atoms with Crippen molar-refractivity contribution in [2.75, 3.05) is 18.4 Å². The van der Waals surface area contributed by atoms with Crippen LogP contribution in [0.5, 0.6) is 0 Å². The van der Waals surface area contributed by atoms with Crippen LogP contribution in [0.25, 0.3) is 0 Å². The molecule has 1 unspecified atom stereocenters. The lowest BCUT2D eigenvalue weighted by Gasteiger charge is -2.35. The fourth-order valence-corrected chi connectivity index (χ4v) is 2.95. The monoisotopic (exact) mass is 334 g/mol. The van der Waals surface area contributed by atoms with E-state index in [1.54, 1.807) is 12.1 Å². The fourth-order valence-electron chi connectivity index (χ4n) is 2.84. The minimum atomic E-state index is -0.238. The first-order valence-electron chi connectivity index (χ1n) is 7.65. The summed E-state index contributed by atoms with van der Waals surface area (Å²) in [5.74, 6) is 1.62. The average Bonchev–Trinajstić information content (AvgIpc) is 3.11. The molecule has 0 aromatic carbocycles. The lowest BCUT2D eigenvalue weighted by molar-refractivity contribution is -0.121. The molecule has 3 heterocycles. The van der Waals surface area contributed by atoms with Gasteiger partial charge in [0, 0.05) is 18.7 Å². The van der Waals surface area contributed by atoms with Crippen LogP contribution in [0.1, 0.15) is 31.5 Å². The predicted molar refractivity (Wildman–Crippen MR) is 87.3 cm³/mol. The van der Waals surface area contributed by atoms with Gasteiger partial charge in [0.25, 0.3) is 0 Å². The van der Waals surface area contributed by atoms with Gasteiger partial charge in [0.1, 0.15) is 18.0 Å². The highest BCUT2D eigenvalue weighted by Gasteiger charge is 2.29. The third-order valence-electron chi connectivity index (χ3n) is 4.18. The van der Waals surface area contributed by atoms with Gasteiger partial charge in [-0.15, -0.1) is 0 Å². The molecule has 1 aliphatic heterocycles. The molecule has 7 nitrogen and oxygen atoms in total. The molecule has 2 N–H and O–H groups in total. The van der Waals surface area contributed by atoms with E-state index in [1.165, 1.54) is 12.5 Å². The molecule has 2 aromatic rings. The maximum Gasteiger partial charge on any atom is 0.242 e. The normalized spacial score (nSPS) is 20.2. The fraction of sp³-hybridized carbons (Fsp3) is 0.467. The second-order valence-corrected chi connectivity index (χ2v) is 6.17. The van der Waals surface area contributed by atoms with E-state index in [0.717, 1.165) is 31.8 Å². The number of likely N-dealkylation sites (tertiary alicyclic amines) is 1. The molecule has 0 radical (unpaired) electrons. The molecule has 0 spiro atoms. The number of rotatable bonds is 4. The maximum absolute atomic E-state index is 12.4. The predicted octanol–water partition coefficient (Wildman–Crippen LogP) is 2.06. The highest BCUT2D eigenvalue weighted by Crippen LogP contribution is 2.25. The maximum atomic E-state index is 12.4. The number of halogens is 1. The number of hydrogen-bond acceptors (Lipinski definition) is 5. The number of carbonyl (C=O) groups excluding carboxylic acids is 1. The van der Waals surface area contributed by atoms with E-state index in [4.69, 9.17) is 11.6 Å². The van der Waals surface area contributed by atoms with E-state index in [-0.39, 0.29) is 17.9 Å². The molecule has 3 rings (SSSR count). The summed E-state index contributed by atoms with van der Waals surface area (Å²) in [7, 11) is 0. The van der Waals surface area contributed by atoms with Gasteiger partial charge in [-0.25, -0.2) is 9.97 Å². The van der Waals surface area contributed by atoms with Crippen molar-refractivity contribution in [3.05, 3.63) is 35.5 Å². The third kappa shape index (κ3) is 3.86. The van der Waals surface area contributed by atoms with E-state index in [1.807, 2.05) is 6.92 Å². The molecule has 8 heteroatoms.